The Balaban J connectivity index is 1.37. The summed E-state index contributed by atoms with van der Waals surface area (Å²) in [4.78, 5) is 34.5. The zero-order chi connectivity index (χ0) is 28.6. The second kappa shape index (κ2) is 13.2. The van der Waals surface area contributed by atoms with Gasteiger partial charge in [-0.3, -0.25) is 9.59 Å². The molecule has 0 atom stereocenters. The molecule has 0 saturated heterocycles. The summed E-state index contributed by atoms with van der Waals surface area (Å²) in [6.07, 6.45) is 4.50. The number of unbranched alkanes of at least 4 members (excludes halogenated alkanes) is 1. The number of methoxy groups -OCH3 is 1. The molecule has 5 rings (SSSR count). The molecule has 0 aliphatic heterocycles. The number of aromatic amines is 1. The third-order valence-corrected chi connectivity index (χ3v) is 7.60. The molecular weight excluding hydrogens is 510 g/mol. The fourth-order valence-corrected chi connectivity index (χ4v) is 5.21. The molecular formula is C35H37N3O3. The number of hydrogen-bond acceptors (Lipinski definition) is 3. The van der Waals surface area contributed by atoms with Crippen molar-refractivity contribution >= 4 is 33.5 Å². The number of benzene rings is 4. The van der Waals surface area contributed by atoms with Gasteiger partial charge in [-0.25, -0.2) is 0 Å². The maximum atomic E-state index is 13.9. The van der Waals surface area contributed by atoms with Crippen molar-refractivity contribution < 1.29 is 14.3 Å². The molecule has 1 N–H and O–H groups in total. The summed E-state index contributed by atoms with van der Waals surface area (Å²) in [7, 11) is 1.64. The summed E-state index contributed by atoms with van der Waals surface area (Å²) in [6, 6.07) is 29.8. The molecule has 0 fully saturated rings. The average Bonchev–Trinajstić information content (AvgIpc) is 3.44. The monoisotopic (exact) mass is 547 g/mol. The van der Waals surface area contributed by atoms with E-state index in [-0.39, 0.29) is 18.4 Å². The molecule has 6 nitrogen and oxygen atoms in total. The minimum Gasteiger partial charge on any atom is -0.497 e. The highest BCUT2D eigenvalue weighted by molar-refractivity contribution is 6.00. The van der Waals surface area contributed by atoms with Crippen molar-refractivity contribution in [3.63, 3.8) is 0 Å². The van der Waals surface area contributed by atoms with Gasteiger partial charge in [0, 0.05) is 42.3 Å². The van der Waals surface area contributed by atoms with Gasteiger partial charge >= 0.3 is 0 Å². The van der Waals surface area contributed by atoms with Crippen LogP contribution in [-0.2, 0) is 17.8 Å². The number of nitrogens with one attached hydrogen (secondary N) is 1. The number of amides is 2. The van der Waals surface area contributed by atoms with Crippen molar-refractivity contribution in [3.05, 3.63) is 114 Å². The van der Waals surface area contributed by atoms with Crippen LogP contribution in [0.2, 0.25) is 0 Å². The SMILES string of the molecule is CCCCN(CC(=O)N(CCc1c[nH]c2ccccc12)Cc1ccc(OC)cc1)C(=O)c1ccc2ccccc2c1. The van der Waals surface area contributed by atoms with Crippen molar-refractivity contribution in [2.24, 2.45) is 0 Å². The highest BCUT2D eigenvalue weighted by atomic mass is 16.5. The van der Waals surface area contributed by atoms with Crippen LogP contribution in [0, 0.1) is 0 Å². The maximum absolute atomic E-state index is 13.9. The average molecular weight is 548 g/mol. The number of carbonyl (C=O) groups excluding carboxylic acids is 2. The topological polar surface area (TPSA) is 65.6 Å². The number of H-pyrrole nitrogens is 1. The number of hydrogen-bond donors (Lipinski definition) is 1. The summed E-state index contributed by atoms with van der Waals surface area (Å²) in [6.45, 7) is 3.66. The van der Waals surface area contributed by atoms with Crippen LogP contribution in [0.5, 0.6) is 5.75 Å². The van der Waals surface area contributed by atoms with Crippen LogP contribution in [0.25, 0.3) is 21.7 Å². The van der Waals surface area contributed by atoms with Crippen molar-refractivity contribution in [2.75, 3.05) is 26.7 Å². The number of fused-ring (bicyclic) bond motifs is 2. The lowest BCUT2D eigenvalue weighted by Gasteiger charge is -2.28. The Hall–Kier alpha value is -4.58. The van der Waals surface area contributed by atoms with E-state index in [2.05, 4.69) is 24.0 Å². The minimum absolute atomic E-state index is 0.0374. The second-order valence-corrected chi connectivity index (χ2v) is 10.4. The van der Waals surface area contributed by atoms with E-state index in [9.17, 15) is 9.59 Å². The van der Waals surface area contributed by atoms with E-state index < -0.39 is 0 Å². The van der Waals surface area contributed by atoms with E-state index in [0.717, 1.165) is 40.4 Å². The van der Waals surface area contributed by atoms with E-state index in [1.165, 1.54) is 10.9 Å². The Morgan fingerprint density at radius 2 is 1.59 bits per heavy atom. The van der Waals surface area contributed by atoms with Crippen LogP contribution in [-0.4, -0.2) is 53.3 Å². The first-order valence-electron chi connectivity index (χ1n) is 14.3. The van der Waals surface area contributed by atoms with Gasteiger partial charge < -0.3 is 19.5 Å². The number of nitrogens with zero attached hydrogens (tertiary/aromatic N) is 2. The van der Waals surface area contributed by atoms with Crippen LogP contribution in [0.4, 0.5) is 0 Å². The van der Waals surface area contributed by atoms with E-state index in [4.69, 9.17) is 4.74 Å². The molecule has 41 heavy (non-hydrogen) atoms. The second-order valence-electron chi connectivity index (χ2n) is 10.4. The van der Waals surface area contributed by atoms with Crippen molar-refractivity contribution in [1.29, 1.82) is 0 Å². The third-order valence-electron chi connectivity index (χ3n) is 7.60. The highest BCUT2D eigenvalue weighted by Crippen LogP contribution is 2.21. The fourth-order valence-electron chi connectivity index (χ4n) is 5.21. The molecule has 6 heteroatoms. The first kappa shape index (κ1) is 28.0. The molecule has 5 aromatic rings. The lowest BCUT2D eigenvalue weighted by atomic mass is 10.1. The molecule has 0 aliphatic carbocycles. The lowest BCUT2D eigenvalue weighted by Crippen LogP contribution is -2.43. The van der Waals surface area contributed by atoms with Crippen molar-refractivity contribution in [1.82, 2.24) is 14.8 Å². The molecule has 0 saturated carbocycles. The molecule has 0 radical (unpaired) electrons. The van der Waals surface area contributed by atoms with Gasteiger partial charge in [-0.2, -0.15) is 0 Å². The molecule has 0 aliphatic rings. The smallest absolute Gasteiger partial charge is 0.254 e. The van der Waals surface area contributed by atoms with Gasteiger partial charge in [0.2, 0.25) is 5.91 Å². The first-order valence-corrected chi connectivity index (χ1v) is 14.3. The number of aromatic nitrogens is 1. The van der Waals surface area contributed by atoms with E-state index in [1.807, 2.05) is 90.0 Å². The van der Waals surface area contributed by atoms with Gasteiger partial charge in [0.1, 0.15) is 12.3 Å². The zero-order valence-electron chi connectivity index (χ0n) is 23.8. The molecule has 4 aromatic carbocycles. The number of ether oxygens (including phenoxy) is 1. The summed E-state index contributed by atoms with van der Waals surface area (Å²) < 4.78 is 5.32. The maximum Gasteiger partial charge on any atom is 0.254 e. The normalized spacial score (nSPS) is 11.1. The molecule has 2 amide bonds. The zero-order valence-corrected chi connectivity index (χ0v) is 23.8. The molecule has 210 valence electrons. The van der Waals surface area contributed by atoms with E-state index in [1.54, 1.807) is 12.0 Å². The predicted molar refractivity (Wildman–Crippen MR) is 165 cm³/mol. The number of para-hydroxylation sites is 1. The largest absolute Gasteiger partial charge is 0.497 e. The van der Waals surface area contributed by atoms with Gasteiger partial charge in [0.15, 0.2) is 0 Å². The van der Waals surface area contributed by atoms with Crippen LogP contribution in [0.1, 0.15) is 41.3 Å². The van der Waals surface area contributed by atoms with Crippen LogP contribution >= 0.6 is 0 Å². The highest BCUT2D eigenvalue weighted by Gasteiger charge is 2.23. The number of rotatable bonds is 12. The standard InChI is InChI=1S/C35H37N3O3/c1-3-4-20-38(35(40)29-16-15-27-9-5-6-10-28(27)22-29)25-34(39)37(24-26-13-17-31(41-2)18-14-26)21-19-30-23-36-33-12-8-7-11-32(30)33/h5-18,22-23,36H,3-4,19-21,24-25H2,1-2H3. The van der Waals surface area contributed by atoms with E-state index in [0.29, 0.717) is 31.6 Å². The Morgan fingerprint density at radius 3 is 2.37 bits per heavy atom. The third kappa shape index (κ3) is 6.77. The Kier molecular flexibility index (Phi) is 8.99. The lowest BCUT2D eigenvalue weighted by molar-refractivity contribution is -0.132. The van der Waals surface area contributed by atoms with Gasteiger partial charge in [0.05, 0.1) is 7.11 Å². The Bertz CT molecular complexity index is 1620. The van der Waals surface area contributed by atoms with Crippen LogP contribution in [0.15, 0.2) is 97.2 Å². The van der Waals surface area contributed by atoms with E-state index >= 15 is 0 Å². The Morgan fingerprint density at radius 1 is 0.829 bits per heavy atom. The minimum atomic E-state index is -0.112. The molecule has 0 bridgehead atoms. The van der Waals surface area contributed by atoms with Crippen molar-refractivity contribution in [3.8, 4) is 5.75 Å². The van der Waals surface area contributed by atoms with Crippen LogP contribution < -0.4 is 4.74 Å². The fraction of sp³-hybridized carbons (Fsp3) is 0.257. The van der Waals surface area contributed by atoms with Gasteiger partial charge in [0.25, 0.3) is 5.91 Å². The summed E-state index contributed by atoms with van der Waals surface area (Å²) in [5, 5.41) is 3.27. The van der Waals surface area contributed by atoms with Gasteiger partial charge in [-0.1, -0.05) is 74.0 Å². The first-order chi connectivity index (χ1) is 20.1. The molecule has 1 aromatic heterocycles. The summed E-state index contributed by atoms with van der Waals surface area (Å²) in [5.74, 6) is 0.599. The summed E-state index contributed by atoms with van der Waals surface area (Å²) >= 11 is 0. The molecule has 0 unspecified atom stereocenters. The van der Waals surface area contributed by atoms with Gasteiger partial charge in [-0.15, -0.1) is 0 Å². The molecule has 1 heterocycles. The summed E-state index contributed by atoms with van der Waals surface area (Å²) in [5.41, 5.74) is 3.87. The number of carbonyl (C=O) groups is 2. The Labute approximate surface area is 241 Å². The van der Waals surface area contributed by atoms with Crippen molar-refractivity contribution in [2.45, 2.75) is 32.7 Å². The van der Waals surface area contributed by atoms with Crippen LogP contribution in [0.3, 0.4) is 0 Å². The molecule has 0 spiro atoms. The quantitative estimate of drug-likeness (QED) is 0.186. The predicted octanol–water partition coefficient (Wildman–Crippen LogP) is 6.84. The van der Waals surface area contributed by atoms with Gasteiger partial charge in [-0.05, 0) is 65.1 Å².